The van der Waals surface area contributed by atoms with E-state index in [1.54, 1.807) is 30.5 Å². The SMILES string of the molecule is O=C1c2cccnc2C(=O)c2c1c(C(=O)OCCCN1CCCCC1)c1c(Cl)cccn21. The summed E-state index contributed by atoms with van der Waals surface area (Å²) in [5.41, 5.74) is 0.719. The Morgan fingerprint density at radius 1 is 1.09 bits per heavy atom. The van der Waals surface area contributed by atoms with Crippen molar-refractivity contribution >= 4 is 34.7 Å². The van der Waals surface area contributed by atoms with Gasteiger partial charge >= 0.3 is 5.97 Å². The van der Waals surface area contributed by atoms with Gasteiger partial charge in [-0.15, -0.1) is 0 Å². The quantitative estimate of drug-likeness (QED) is 0.339. The smallest absolute Gasteiger partial charge is 0.341 e. The van der Waals surface area contributed by atoms with Gasteiger partial charge in [0.15, 0.2) is 5.78 Å². The molecule has 8 heteroatoms. The second-order valence-electron chi connectivity index (χ2n) is 8.12. The Morgan fingerprint density at radius 3 is 2.72 bits per heavy atom. The number of aromatic nitrogens is 2. The summed E-state index contributed by atoms with van der Waals surface area (Å²) in [6.07, 6.45) is 7.46. The first-order valence-corrected chi connectivity index (χ1v) is 11.2. The van der Waals surface area contributed by atoms with E-state index in [9.17, 15) is 14.4 Å². The molecule has 1 aliphatic heterocycles. The summed E-state index contributed by atoms with van der Waals surface area (Å²) in [6.45, 7) is 3.24. The minimum Gasteiger partial charge on any atom is -0.462 e. The number of ether oxygens (including phenoxy) is 1. The van der Waals surface area contributed by atoms with Crippen LogP contribution in [0.5, 0.6) is 0 Å². The van der Waals surface area contributed by atoms with Crippen molar-refractivity contribution in [1.82, 2.24) is 14.3 Å². The highest BCUT2D eigenvalue weighted by atomic mass is 35.5. The Bertz CT molecular complexity index is 1240. The van der Waals surface area contributed by atoms with Crippen LogP contribution >= 0.6 is 11.6 Å². The monoisotopic (exact) mass is 451 g/mol. The fourth-order valence-corrected chi connectivity index (χ4v) is 4.89. The third kappa shape index (κ3) is 3.42. The Hall–Kier alpha value is -3.03. The number of carbonyl (C=O) groups is 3. The molecular weight excluding hydrogens is 430 g/mol. The van der Waals surface area contributed by atoms with Crippen LogP contribution in [-0.2, 0) is 4.74 Å². The highest BCUT2D eigenvalue weighted by molar-refractivity contribution is 6.37. The highest BCUT2D eigenvalue weighted by Gasteiger charge is 2.39. The normalized spacial score (nSPS) is 16.2. The molecule has 0 aromatic carbocycles. The molecule has 1 fully saturated rings. The maximum Gasteiger partial charge on any atom is 0.341 e. The molecule has 0 unspecified atom stereocenters. The van der Waals surface area contributed by atoms with Gasteiger partial charge in [-0.3, -0.25) is 14.6 Å². The number of ketones is 2. The molecule has 2 aliphatic rings. The first-order chi connectivity index (χ1) is 15.6. The highest BCUT2D eigenvalue weighted by Crippen LogP contribution is 2.36. The number of esters is 1. The van der Waals surface area contributed by atoms with Crippen molar-refractivity contribution in [3.63, 3.8) is 0 Å². The summed E-state index contributed by atoms with van der Waals surface area (Å²) in [6, 6.07) is 6.42. The van der Waals surface area contributed by atoms with E-state index in [0.29, 0.717) is 11.9 Å². The minimum atomic E-state index is -0.649. The summed E-state index contributed by atoms with van der Waals surface area (Å²) in [5.74, 6) is -1.50. The van der Waals surface area contributed by atoms with Crippen molar-refractivity contribution in [1.29, 1.82) is 0 Å². The largest absolute Gasteiger partial charge is 0.462 e. The van der Waals surface area contributed by atoms with Crippen LogP contribution in [0.1, 0.15) is 68.1 Å². The van der Waals surface area contributed by atoms with Gasteiger partial charge in [0.1, 0.15) is 11.4 Å². The number of pyridine rings is 2. The van der Waals surface area contributed by atoms with E-state index >= 15 is 0 Å². The standard InChI is InChI=1S/C24H22ClN3O4/c25-16-8-5-13-28-20(16)18(24(31)32-14-6-12-27-10-2-1-3-11-27)17-21(28)23(30)19-15(22(17)29)7-4-9-26-19/h4-5,7-9,13H,1-3,6,10-12,14H2. The lowest BCUT2D eigenvalue weighted by atomic mass is 9.89. The molecule has 7 nitrogen and oxygen atoms in total. The van der Waals surface area contributed by atoms with Crippen LogP contribution < -0.4 is 0 Å². The predicted octanol–water partition coefficient (Wildman–Crippen LogP) is 3.80. The van der Waals surface area contributed by atoms with Gasteiger partial charge in [-0.25, -0.2) is 4.79 Å². The molecule has 0 N–H and O–H groups in total. The fraction of sp³-hybridized carbons (Fsp3) is 0.333. The van der Waals surface area contributed by atoms with Gasteiger partial charge in [0.25, 0.3) is 0 Å². The lowest BCUT2D eigenvalue weighted by Gasteiger charge is -2.26. The Morgan fingerprint density at radius 2 is 1.91 bits per heavy atom. The molecule has 3 aromatic heterocycles. The number of halogens is 1. The van der Waals surface area contributed by atoms with Crippen molar-refractivity contribution in [2.75, 3.05) is 26.2 Å². The van der Waals surface area contributed by atoms with Gasteiger partial charge in [0.2, 0.25) is 5.78 Å². The molecule has 0 atom stereocenters. The lowest BCUT2D eigenvalue weighted by molar-refractivity contribution is 0.0485. The van der Waals surface area contributed by atoms with E-state index in [1.807, 2.05) is 0 Å². The summed E-state index contributed by atoms with van der Waals surface area (Å²) < 4.78 is 7.06. The van der Waals surface area contributed by atoms with E-state index < -0.39 is 17.5 Å². The molecule has 4 heterocycles. The van der Waals surface area contributed by atoms with Crippen molar-refractivity contribution < 1.29 is 19.1 Å². The average Bonchev–Trinajstić information content (AvgIpc) is 3.18. The number of piperidine rings is 1. The van der Waals surface area contributed by atoms with Gasteiger partial charge in [0, 0.05) is 18.9 Å². The average molecular weight is 452 g/mol. The zero-order valence-corrected chi connectivity index (χ0v) is 18.2. The molecule has 1 aliphatic carbocycles. The van der Waals surface area contributed by atoms with Crippen LogP contribution in [0.3, 0.4) is 0 Å². The second-order valence-corrected chi connectivity index (χ2v) is 8.53. The molecule has 0 spiro atoms. The van der Waals surface area contributed by atoms with Crippen LogP contribution in [-0.4, -0.2) is 58.1 Å². The van der Waals surface area contributed by atoms with Crippen molar-refractivity contribution in [2.24, 2.45) is 0 Å². The molecule has 0 bridgehead atoms. The first-order valence-electron chi connectivity index (χ1n) is 10.8. The number of nitrogens with zero attached hydrogens (tertiary/aromatic N) is 3. The molecule has 32 heavy (non-hydrogen) atoms. The Kier molecular flexibility index (Phi) is 5.53. The molecule has 0 saturated carbocycles. The Labute approximate surface area is 189 Å². The summed E-state index contributed by atoms with van der Waals surface area (Å²) >= 11 is 6.42. The number of hydrogen-bond acceptors (Lipinski definition) is 6. The van der Waals surface area contributed by atoms with Crippen molar-refractivity contribution in [3.05, 3.63) is 69.8 Å². The number of rotatable bonds is 5. The zero-order valence-electron chi connectivity index (χ0n) is 17.5. The van der Waals surface area contributed by atoms with Crippen LogP contribution in [0, 0.1) is 0 Å². The van der Waals surface area contributed by atoms with E-state index in [-0.39, 0.29) is 39.7 Å². The van der Waals surface area contributed by atoms with Gasteiger partial charge in [-0.2, -0.15) is 0 Å². The molecule has 5 rings (SSSR count). The van der Waals surface area contributed by atoms with Crippen LogP contribution in [0.2, 0.25) is 5.02 Å². The van der Waals surface area contributed by atoms with Gasteiger partial charge < -0.3 is 14.0 Å². The van der Waals surface area contributed by atoms with Crippen LogP contribution in [0.15, 0.2) is 36.7 Å². The maximum absolute atomic E-state index is 13.3. The Balaban J connectivity index is 1.48. The van der Waals surface area contributed by atoms with Crippen LogP contribution in [0.4, 0.5) is 0 Å². The van der Waals surface area contributed by atoms with E-state index in [1.165, 1.54) is 29.9 Å². The minimum absolute atomic E-state index is 0.0321. The molecule has 1 saturated heterocycles. The molecular formula is C24H22ClN3O4. The van der Waals surface area contributed by atoms with Gasteiger partial charge in [0.05, 0.1) is 33.8 Å². The number of fused-ring (bicyclic) bond motifs is 4. The first kappa shape index (κ1) is 20.8. The number of likely N-dealkylation sites (tertiary alicyclic amines) is 1. The molecule has 0 amide bonds. The second kappa shape index (κ2) is 8.48. The predicted molar refractivity (Wildman–Crippen MR) is 119 cm³/mol. The topological polar surface area (TPSA) is 81.0 Å². The zero-order chi connectivity index (χ0) is 22.2. The summed E-state index contributed by atoms with van der Waals surface area (Å²) in [4.78, 5) is 46.2. The third-order valence-electron chi connectivity index (χ3n) is 6.12. The fourth-order valence-electron chi connectivity index (χ4n) is 4.63. The van der Waals surface area contributed by atoms with E-state index in [4.69, 9.17) is 16.3 Å². The van der Waals surface area contributed by atoms with Gasteiger partial charge in [-0.05, 0) is 56.6 Å². The van der Waals surface area contributed by atoms with Crippen molar-refractivity contribution in [3.8, 4) is 0 Å². The number of carbonyl (C=O) groups excluding carboxylic acids is 3. The van der Waals surface area contributed by atoms with Gasteiger partial charge in [-0.1, -0.05) is 18.0 Å². The van der Waals surface area contributed by atoms with Crippen LogP contribution in [0.25, 0.3) is 5.52 Å². The lowest BCUT2D eigenvalue weighted by Crippen LogP contribution is -2.31. The van der Waals surface area contributed by atoms with Crippen molar-refractivity contribution in [2.45, 2.75) is 25.7 Å². The maximum atomic E-state index is 13.3. The van der Waals surface area contributed by atoms with E-state index in [2.05, 4.69) is 9.88 Å². The van der Waals surface area contributed by atoms with E-state index in [0.717, 1.165) is 19.6 Å². The third-order valence-corrected chi connectivity index (χ3v) is 6.43. The summed E-state index contributed by atoms with van der Waals surface area (Å²) in [5, 5.41) is 0.264. The molecule has 0 radical (unpaired) electrons. The molecule has 3 aromatic rings. The summed E-state index contributed by atoms with van der Waals surface area (Å²) in [7, 11) is 0. The number of hydrogen-bond donors (Lipinski definition) is 0. The molecule has 164 valence electrons.